The Balaban J connectivity index is 2.17. The molecule has 6 heteroatoms. The van der Waals surface area contributed by atoms with Gasteiger partial charge in [-0.2, -0.15) is 5.10 Å². The lowest BCUT2D eigenvalue weighted by Crippen LogP contribution is -2.08. The van der Waals surface area contributed by atoms with Crippen molar-refractivity contribution < 1.29 is 4.79 Å². The van der Waals surface area contributed by atoms with Crippen molar-refractivity contribution in [2.75, 3.05) is 0 Å². The highest BCUT2D eigenvalue weighted by Gasteiger charge is 2.18. The molecular weight excluding hydrogens is 218 g/mol. The van der Waals surface area contributed by atoms with Crippen LogP contribution in [0.2, 0.25) is 0 Å². The van der Waals surface area contributed by atoms with Crippen molar-refractivity contribution in [3.05, 3.63) is 48.6 Å². The molecule has 0 bridgehead atoms. The topological polar surface area (TPSA) is 65.1 Å². The van der Waals surface area contributed by atoms with Gasteiger partial charge in [0.2, 0.25) is 5.78 Å². The van der Waals surface area contributed by atoms with Gasteiger partial charge in [0.05, 0.1) is 23.5 Å². The Morgan fingerprint density at radius 1 is 1.24 bits per heavy atom. The van der Waals surface area contributed by atoms with Crippen molar-refractivity contribution >= 4 is 11.3 Å². The largest absolute Gasteiger partial charge is 0.331 e. The molecule has 0 radical (unpaired) electrons. The quantitative estimate of drug-likeness (QED) is 0.604. The van der Waals surface area contributed by atoms with E-state index < -0.39 is 0 Å². The predicted molar refractivity (Wildman–Crippen MR) is 59.6 cm³/mol. The lowest BCUT2D eigenvalue weighted by atomic mass is 10.2. The van der Waals surface area contributed by atoms with Crippen LogP contribution in [0.15, 0.2) is 37.2 Å². The van der Waals surface area contributed by atoms with Crippen molar-refractivity contribution in [2.24, 2.45) is 7.05 Å². The molecule has 17 heavy (non-hydrogen) atoms. The molecule has 6 nitrogen and oxygen atoms in total. The molecule has 0 unspecified atom stereocenters. The molecular formula is C11H9N5O. The Hall–Kier alpha value is -2.50. The van der Waals surface area contributed by atoms with E-state index in [0.717, 1.165) is 0 Å². The minimum atomic E-state index is -0.152. The standard InChI is InChI=1S/C11H9N5O/c1-15-4-3-13-11(15)10(17)8-6-14-16-5-2-12-7-9(8)16/h2-7H,1H3. The fraction of sp³-hybridized carbons (Fsp3) is 0.0909. The Labute approximate surface area is 96.5 Å². The zero-order chi connectivity index (χ0) is 11.8. The maximum atomic E-state index is 12.2. The second kappa shape index (κ2) is 3.51. The molecule has 0 aromatic carbocycles. The number of carbonyl (C=O) groups is 1. The Morgan fingerprint density at radius 3 is 2.88 bits per heavy atom. The van der Waals surface area contributed by atoms with Gasteiger partial charge >= 0.3 is 0 Å². The first-order valence-corrected chi connectivity index (χ1v) is 5.07. The minimum Gasteiger partial charge on any atom is -0.331 e. The van der Waals surface area contributed by atoms with Crippen molar-refractivity contribution in [2.45, 2.75) is 0 Å². The number of ketones is 1. The number of hydrogen-bond acceptors (Lipinski definition) is 4. The van der Waals surface area contributed by atoms with Gasteiger partial charge in [0.1, 0.15) is 0 Å². The number of rotatable bonds is 2. The molecule has 0 amide bonds. The van der Waals surface area contributed by atoms with Gasteiger partial charge in [-0.05, 0) is 0 Å². The maximum absolute atomic E-state index is 12.2. The van der Waals surface area contributed by atoms with Gasteiger partial charge in [-0.1, -0.05) is 0 Å². The second-order valence-electron chi connectivity index (χ2n) is 3.66. The zero-order valence-corrected chi connectivity index (χ0v) is 9.11. The summed E-state index contributed by atoms with van der Waals surface area (Å²) in [6.45, 7) is 0. The third-order valence-electron chi connectivity index (χ3n) is 2.59. The molecule has 0 saturated heterocycles. The van der Waals surface area contributed by atoms with Crippen LogP contribution in [0.1, 0.15) is 16.2 Å². The zero-order valence-electron chi connectivity index (χ0n) is 9.11. The highest BCUT2D eigenvalue weighted by atomic mass is 16.1. The van der Waals surface area contributed by atoms with Crippen LogP contribution in [-0.2, 0) is 7.05 Å². The summed E-state index contributed by atoms with van der Waals surface area (Å²) in [6.07, 6.45) is 9.80. The number of carbonyl (C=O) groups excluding carboxylic acids is 1. The Bertz CT molecular complexity index is 697. The van der Waals surface area contributed by atoms with Gasteiger partial charge in [0.15, 0.2) is 5.82 Å². The molecule has 0 aliphatic carbocycles. The smallest absolute Gasteiger partial charge is 0.232 e. The van der Waals surface area contributed by atoms with Crippen LogP contribution >= 0.6 is 0 Å². The lowest BCUT2D eigenvalue weighted by Gasteiger charge is -1.99. The van der Waals surface area contributed by atoms with Crippen LogP contribution in [0.25, 0.3) is 5.52 Å². The number of nitrogens with zero attached hydrogens (tertiary/aromatic N) is 5. The SMILES string of the molecule is Cn1ccnc1C(=O)c1cnn2ccncc12. The summed E-state index contributed by atoms with van der Waals surface area (Å²) in [5.74, 6) is 0.240. The highest BCUT2D eigenvalue weighted by Crippen LogP contribution is 2.13. The number of imidazole rings is 1. The molecule has 0 N–H and O–H groups in total. The normalized spacial score (nSPS) is 10.9. The van der Waals surface area contributed by atoms with E-state index in [1.54, 1.807) is 47.1 Å². The number of aryl methyl sites for hydroxylation is 1. The molecule has 84 valence electrons. The van der Waals surface area contributed by atoms with Crippen LogP contribution in [0.4, 0.5) is 0 Å². The maximum Gasteiger partial charge on any atom is 0.232 e. The summed E-state index contributed by atoms with van der Waals surface area (Å²) in [7, 11) is 1.78. The summed E-state index contributed by atoms with van der Waals surface area (Å²) >= 11 is 0. The van der Waals surface area contributed by atoms with E-state index >= 15 is 0 Å². The summed E-state index contributed by atoms with van der Waals surface area (Å²) in [6, 6.07) is 0. The van der Waals surface area contributed by atoms with Crippen molar-refractivity contribution in [1.82, 2.24) is 24.1 Å². The van der Waals surface area contributed by atoms with Gasteiger partial charge in [0.25, 0.3) is 0 Å². The molecule has 3 rings (SSSR count). The number of fused-ring (bicyclic) bond motifs is 1. The number of hydrogen-bond donors (Lipinski definition) is 0. The molecule has 0 aliphatic heterocycles. The minimum absolute atomic E-state index is 0.152. The third-order valence-corrected chi connectivity index (χ3v) is 2.59. The summed E-state index contributed by atoms with van der Waals surface area (Å²) < 4.78 is 3.30. The van der Waals surface area contributed by atoms with E-state index in [0.29, 0.717) is 16.9 Å². The van der Waals surface area contributed by atoms with E-state index in [1.807, 2.05) is 0 Å². The Morgan fingerprint density at radius 2 is 2.12 bits per heavy atom. The van der Waals surface area contributed by atoms with Crippen LogP contribution < -0.4 is 0 Å². The Kier molecular flexibility index (Phi) is 2.01. The van der Waals surface area contributed by atoms with Crippen LogP contribution in [0, 0.1) is 0 Å². The van der Waals surface area contributed by atoms with Crippen molar-refractivity contribution in [3.8, 4) is 0 Å². The van der Waals surface area contributed by atoms with Gasteiger partial charge in [0, 0.05) is 31.8 Å². The monoisotopic (exact) mass is 227 g/mol. The second-order valence-corrected chi connectivity index (χ2v) is 3.66. The first-order valence-electron chi connectivity index (χ1n) is 5.07. The van der Waals surface area contributed by atoms with Gasteiger partial charge in [-0.15, -0.1) is 0 Å². The van der Waals surface area contributed by atoms with E-state index in [9.17, 15) is 4.79 Å². The molecule has 0 saturated carbocycles. The number of aromatic nitrogens is 5. The van der Waals surface area contributed by atoms with E-state index in [-0.39, 0.29) is 5.78 Å². The van der Waals surface area contributed by atoms with Gasteiger partial charge < -0.3 is 4.57 Å². The third kappa shape index (κ3) is 1.42. The molecule has 0 aliphatic rings. The molecule has 3 aromatic rings. The van der Waals surface area contributed by atoms with Gasteiger partial charge in [-0.25, -0.2) is 9.50 Å². The first kappa shape index (κ1) is 9.71. The summed E-state index contributed by atoms with van der Waals surface area (Å²) in [5.41, 5.74) is 1.19. The predicted octanol–water partition coefficient (Wildman–Crippen LogP) is 0.694. The van der Waals surface area contributed by atoms with Crippen molar-refractivity contribution in [3.63, 3.8) is 0 Å². The average Bonchev–Trinajstić information content (AvgIpc) is 2.94. The summed E-state index contributed by atoms with van der Waals surface area (Å²) in [4.78, 5) is 20.3. The van der Waals surface area contributed by atoms with Crippen LogP contribution in [-0.4, -0.2) is 29.9 Å². The molecule has 0 spiro atoms. The van der Waals surface area contributed by atoms with E-state index in [1.165, 1.54) is 6.20 Å². The fourth-order valence-corrected chi connectivity index (χ4v) is 1.71. The van der Waals surface area contributed by atoms with E-state index in [4.69, 9.17) is 0 Å². The summed E-state index contributed by atoms with van der Waals surface area (Å²) in [5, 5.41) is 4.10. The molecule has 3 aromatic heterocycles. The van der Waals surface area contributed by atoms with E-state index in [2.05, 4.69) is 15.1 Å². The van der Waals surface area contributed by atoms with Crippen molar-refractivity contribution in [1.29, 1.82) is 0 Å². The molecule has 0 fully saturated rings. The molecule has 3 heterocycles. The fourth-order valence-electron chi connectivity index (χ4n) is 1.71. The van der Waals surface area contributed by atoms with Gasteiger partial charge in [-0.3, -0.25) is 9.78 Å². The van der Waals surface area contributed by atoms with Crippen LogP contribution in [0.3, 0.4) is 0 Å². The highest BCUT2D eigenvalue weighted by molar-refractivity contribution is 6.10. The molecule has 0 atom stereocenters. The van der Waals surface area contributed by atoms with Crippen LogP contribution in [0.5, 0.6) is 0 Å². The lowest BCUT2D eigenvalue weighted by molar-refractivity contribution is 0.102. The first-order chi connectivity index (χ1) is 8.27. The average molecular weight is 227 g/mol.